The summed E-state index contributed by atoms with van der Waals surface area (Å²) in [5, 5.41) is 8.30. The lowest BCUT2D eigenvalue weighted by atomic mass is 9.80. The predicted molar refractivity (Wildman–Crippen MR) is 84.7 cm³/mol. The maximum atomic E-state index is 4.78. The highest BCUT2D eigenvalue weighted by atomic mass is 15.3. The van der Waals surface area contributed by atoms with Gasteiger partial charge in [-0.3, -0.25) is 4.68 Å². The van der Waals surface area contributed by atoms with Crippen LogP contribution < -0.4 is 5.32 Å². The third-order valence-corrected chi connectivity index (χ3v) is 4.41. The lowest BCUT2D eigenvalue weighted by molar-refractivity contribution is 0.209. The summed E-state index contributed by atoms with van der Waals surface area (Å²) < 4.78 is 2.24. The van der Waals surface area contributed by atoms with Crippen LogP contribution in [0.1, 0.15) is 64.3 Å². The second-order valence-corrected chi connectivity index (χ2v) is 7.32. The third kappa shape index (κ3) is 4.08. The van der Waals surface area contributed by atoms with Gasteiger partial charge in [0.2, 0.25) is 0 Å². The fraction of sp³-hybridized carbons (Fsp3) is 0.824. The van der Waals surface area contributed by atoms with Gasteiger partial charge in [0.1, 0.15) is 0 Å². The summed E-state index contributed by atoms with van der Waals surface area (Å²) >= 11 is 0. The Morgan fingerprint density at radius 2 is 1.90 bits per heavy atom. The molecule has 2 atom stereocenters. The first-order valence-corrected chi connectivity index (χ1v) is 8.21. The van der Waals surface area contributed by atoms with E-state index < -0.39 is 0 Å². The van der Waals surface area contributed by atoms with Gasteiger partial charge < -0.3 is 5.32 Å². The van der Waals surface area contributed by atoms with Crippen LogP contribution in [-0.4, -0.2) is 16.3 Å². The van der Waals surface area contributed by atoms with E-state index in [1.54, 1.807) is 0 Å². The molecule has 1 N–H and O–H groups in total. The van der Waals surface area contributed by atoms with E-state index in [2.05, 4.69) is 50.8 Å². The van der Waals surface area contributed by atoms with Gasteiger partial charge in [0.25, 0.3) is 0 Å². The average molecular weight is 277 g/mol. The summed E-state index contributed by atoms with van der Waals surface area (Å²) in [6.45, 7) is 13.4. The highest BCUT2D eigenvalue weighted by molar-refractivity contribution is 5.15. The summed E-state index contributed by atoms with van der Waals surface area (Å²) in [5.74, 6) is 2.36. The number of nitrogens with one attached hydrogen (secondary N) is 1. The van der Waals surface area contributed by atoms with Gasteiger partial charge in [-0.15, -0.1) is 0 Å². The smallest absolute Gasteiger partial charge is 0.0638 e. The minimum Gasteiger partial charge on any atom is -0.312 e. The molecule has 3 nitrogen and oxygen atoms in total. The molecule has 0 aromatic carbocycles. The van der Waals surface area contributed by atoms with Crippen LogP contribution >= 0.6 is 0 Å². The normalized spacial score (nSPS) is 27.2. The van der Waals surface area contributed by atoms with Crippen molar-refractivity contribution in [1.82, 2.24) is 15.1 Å². The van der Waals surface area contributed by atoms with Crippen LogP contribution in [0.2, 0.25) is 0 Å². The van der Waals surface area contributed by atoms with Crippen molar-refractivity contribution in [3.8, 4) is 0 Å². The number of rotatable bonds is 5. The Morgan fingerprint density at radius 1 is 1.25 bits per heavy atom. The van der Waals surface area contributed by atoms with Crippen molar-refractivity contribution in [3.05, 3.63) is 17.5 Å². The van der Waals surface area contributed by atoms with Crippen LogP contribution in [0.5, 0.6) is 0 Å². The molecule has 1 heterocycles. The first-order valence-electron chi connectivity index (χ1n) is 8.21. The van der Waals surface area contributed by atoms with E-state index in [9.17, 15) is 0 Å². The van der Waals surface area contributed by atoms with Gasteiger partial charge in [0.15, 0.2) is 0 Å². The van der Waals surface area contributed by atoms with Crippen molar-refractivity contribution in [1.29, 1.82) is 0 Å². The van der Waals surface area contributed by atoms with E-state index in [-0.39, 0.29) is 0 Å². The fourth-order valence-electron chi connectivity index (χ4n) is 3.50. The molecule has 114 valence electrons. The molecule has 2 rings (SSSR count). The first kappa shape index (κ1) is 15.6. The second kappa shape index (κ2) is 6.75. The molecule has 1 saturated carbocycles. The maximum absolute atomic E-state index is 4.78. The molecule has 20 heavy (non-hydrogen) atoms. The van der Waals surface area contributed by atoms with Crippen molar-refractivity contribution in [3.63, 3.8) is 0 Å². The van der Waals surface area contributed by atoms with Crippen LogP contribution in [0.3, 0.4) is 0 Å². The van der Waals surface area contributed by atoms with Crippen molar-refractivity contribution < 1.29 is 0 Å². The Morgan fingerprint density at radius 3 is 2.50 bits per heavy atom. The SMILES string of the molecule is Cc1nn(C2CC(C)CC(C)C2)cc1CNCC(C)C. The molecule has 0 radical (unpaired) electrons. The second-order valence-electron chi connectivity index (χ2n) is 7.32. The largest absolute Gasteiger partial charge is 0.312 e. The molecular weight excluding hydrogens is 246 g/mol. The van der Waals surface area contributed by atoms with Crippen LogP contribution in [-0.2, 0) is 6.54 Å². The lowest BCUT2D eigenvalue weighted by Gasteiger charge is -2.31. The Labute approximate surface area is 124 Å². The Hall–Kier alpha value is -0.830. The van der Waals surface area contributed by atoms with Crippen molar-refractivity contribution in [2.75, 3.05) is 6.54 Å². The van der Waals surface area contributed by atoms with Crippen LogP contribution in [0.4, 0.5) is 0 Å². The van der Waals surface area contributed by atoms with E-state index in [4.69, 9.17) is 5.10 Å². The summed E-state index contributed by atoms with van der Waals surface area (Å²) in [5.41, 5.74) is 2.55. The Balaban J connectivity index is 1.99. The van der Waals surface area contributed by atoms with E-state index in [0.29, 0.717) is 12.0 Å². The highest BCUT2D eigenvalue weighted by Gasteiger charge is 2.26. The summed E-state index contributed by atoms with van der Waals surface area (Å²) in [7, 11) is 0. The van der Waals surface area contributed by atoms with Crippen molar-refractivity contribution in [2.45, 2.75) is 66.5 Å². The Kier molecular flexibility index (Phi) is 5.25. The van der Waals surface area contributed by atoms with Crippen molar-refractivity contribution in [2.24, 2.45) is 17.8 Å². The molecule has 0 bridgehead atoms. The van der Waals surface area contributed by atoms with E-state index >= 15 is 0 Å². The third-order valence-electron chi connectivity index (χ3n) is 4.41. The van der Waals surface area contributed by atoms with Gasteiger partial charge in [-0.2, -0.15) is 5.10 Å². The molecule has 0 aliphatic heterocycles. The molecule has 0 amide bonds. The van der Waals surface area contributed by atoms with Gasteiger partial charge in [-0.1, -0.05) is 27.7 Å². The van der Waals surface area contributed by atoms with E-state index in [0.717, 1.165) is 24.9 Å². The molecular formula is C17H31N3. The van der Waals surface area contributed by atoms with Gasteiger partial charge in [-0.25, -0.2) is 0 Å². The summed E-state index contributed by atoms with van der Waals surface area (Å²) in [4.78, 5) is 0. The minimum atomic E-state index is 0.603. The number of hydrogen-bond acceptors (Lipinski definition) is 2. The predicted octanol–water partition coefficient (Wildman–Crippen LogP) is 3.93. The number of nitrogens with zero attached hydrogens (tertiary/aromatic N) is 2. The molecule has 3 heteroatoms. The number of aryl methyl sites for hydroxylation is 1. The number of aromatic nitrogens is 2. The molecule has 1 aromatic rings. The summed E-state index contributed by atoms with van der Waals surface area (Å²) in [6, 6.07) is 0.603. The van der Waals surface area contributed by atoms with Crippen molar-refractivity contribution >= 4 is 0 Å². The van der Waals surface area contributed by atoms with Gasteiger partial charge >= 0.3 is 0 Å². The lowest BCUT2D eigenvalue weighted by Crippen LogP contribution is -2.23. The number of hydrogen-bond donors (Lipinski definition) is 1. The van der Waals surface area contributed by atoms with Gasteiger partial charge in [0.05, 0.1) is 11.7 Å². The zero-order valence-electron chi connectivity index (χ0n) is 13.8. The standard InChI is InChI=1S/C17H31N3/c1-12(2)9-18-10-16-11-20(19-15(16)5)17-7-13(3)6-14(4)8-17/h11-14,17-18H,6-10H2,1-5H3. The topological polar surface area (TPSA) is 29.9 Å². The fourth-order valence-corrected chi connectivity index (χ4v) is 3.50. The maximum Gasteiger partial charge on any atom is 0.0638 e. The molecule has 1 aliphatic carbocycles. The van der Waals surface area contributed by atoms with Gasteiger partial charge in [0, 0.05) is 18.3 Å². The van der Waals surface area contributed by atoms with Gasteiger partial charge in [-0.05, 0) is 50.5 Å². The van der Waals surface area contributed by atoms with E-state index in [1.165, 1.54) is 30.5 Å². The molecule has 0 saturated heterocycles. The first-order chi connectivity index (χ1) is 9.45. The monoisotopic (exact) mass is 277 g/mol. The quantitative estimate of drug-likeness (QED) is 0.883. The van der Waals surface area contributed by atoms with Crippen LogP contribution in [0.25, 0.3) is 0 Å². The molecule has 2 unspecified atom stereocenters. The molecule has 1 fully saturated rings. The van der Waals surface area contributed by atoms with Crippen LogP contribution in [0.15, 0.2) is 6.20 Å². The Bertz CT molecular complexity index is 412. The molecule has 0 spiro atoms. The highest BCUT2D eigenvalue weighted by Crippen LogP contribution is 2.35. The van der Waals surface area contributed by atoms with Crippen LogP contribution in [0, 0.1) is 24.7 Å². The average Bonchev–Trinajstić information content (AvgIpc) is 2.69. The molecule has 1 aromatic heterocycles. The summed E-state index contributed by atoms with van der Waals surface area (Å²) in [6.07, 6.45) is 6.21. The van der Waals surface area contributed by atoms with E-state index in [1.807, 2.05) is 0 Å². The zero-order chi connectivity index (χ0) is 14.7. The minimum absolute atomic E-state index is 0.603. The zero-order valence-corrected chi connectivity index (χ0v) is 13.8. The molecule has 1 aliphatic rings.